The van der Waals surface area contributed by atoms with Crippen LogP contribution >= 0.6 is 27.3 Å². The van der Waals surface area contributed by atoms with Gasteiger partial charge in [0.25, 0.3) is 0 Å². The van der Waals surface area contributed by atoms with Crippen molar-refractivity contribution in [1.82, 2.24) is 5.32 Å². The number of hydrogen-bond acceptors (Lipinski definition) is 3. The van der Waals surface area contributed by atoms with E-state index in [0.29, 0.717) is 0 Å². The molecular formula is C9H14BrNOS. The van der Waals surface area contributed by atoms with Crippen LogP contribution in [0.4, 0.5) is 0 Å². The van der Waals surface area contributed by atoms with Gasteiger partial charge in [0.15, 0.2) is 0 Å². The molecule has 1 unspecified atom stereocenters. The first-order valence-electron chi connectivity index (χ1n) is 4.38. The maximum absolute atomic E-state index is 9.71. The lowest BCUT2D eigenvalue weighted by molar-refractivity contribution is 0.171. The summed E-state index contributed by atoms with van der Waals surface area (Å²) >= 11 is 4.97. The summed E-state index contributed by atoms with van der Waals surface area (Å²) in [6.07, 6.45) is 0.455. The number of halogens is 1. The molecule has 0 fully saturated rings. The highest BCUT2D eigenvalue weighted by atomic mass is 79.9. The van der Waals surface area contributed by atoms with Crippen molar-refractivity contribution >= 4 is 27.3 Å². The SMILES string of the molecule is CCNCCC(O)c1ccc(Br)s1. The van der Waals surface area contributed by atoms with Gasteiger partial charge in [0.2, 0.25) is 0 Å². The molecule has 74 valence electrons. The van der Waals surface area contributed by atoms with Crippen LogP contribution in [0.15, 0.2) is 15.9 Å². The highest BCUT2D eigenvalue weighted by Crippen LogP contribution is 2.28. The molecule has 0 saturated heterocycles. The van der Waals surface area contributed by atoms with Crippen molar-refractivity contribution in [2.75, 3.05) is 13.1 Å². The molecule has 0 saturated carbocycles. The molecule has 0 spiro atoms. The average Bonchev–Trinajstić information content (AvgIpc) is 2.52. The smallest absolute Gasteiger partial charge is 0.0894 e. The number of rotatable bonds is 5. The normalized spacial score (nSPS) is 13.2. The van der Waals surface area contributed by atoms with E-state index in [1.54, 1.807) is 11.3 Å². The van der Waals surface area contributed by atoms with Crippen molar-refractivity contribution < 1.29 is 5.11 Å². The Kier molecular flexibility index (Phi) is 4.94. The van der Waals surface area contributed by atoms with E-state index in [0.717, 1.165) is 28.2 Å². The molecule has 2 nitrogen and oxygen atoms in total. The number of aliphatic hydroxyl groups is 1. The fraction of sp³-hybridized carbons (Fsp3) is 0.556. The highest BCUT2D eigenvalue weighted by Gasteiger charge is 2.08. The molecule has 1 aromatic heterocycles. The molecule has 13 heavy (non-hydrogen) atoms. The van der Waals surface area contributed by atoms with Crippen LogP contribution in [-0.2, 0) is 0 Å². The Bertz CT molecular complexity index is 252. The molecule has 4 heteroatoms. The summed E-state index contributed by atoms with van der Waals surface area (Å²) in [5, 5.41) is 12.9. The molecule has 1 rings (SSSR count). The Morgan fingerprint density at radius 1 is 1.62 bits per heavy atom. The van der Waals surface area contributed by atoms with Crippen LogP contribution in [0.3, 0.4) is 0 Å². The van der Waals surface area contributed by atoms with Crippen molar-refractivity contribution in [3.63, 3.8) is 0 Å². The van der Waals surface area contributed by atoms with Crippen molar-refractivity contribution in [2.24, 2.45) is 0 Å². The number of hydrogen-bond donors (Lipinski definition) is 2. The Morgan fingerprint density at radius 2 is 2.38 bits per heavy atom. The summed E-state index contributed by atoms with van der Waals surface area (Å²) < 4.78 is 1.07. The van der Waals surface area contributed by atoms with Crippen LogP contribution in [0.5, 0.6) is 0 Å². The predicted molar refractivity (Wildman–Crippen MR) is 60.1 cm³/mol. The first-order valence-corrected chi connectivity index (χ1v) is 5.99. The zero-order valence-corrected chi connectivity index (χ0v) is 9.99. The van der Waals surface area contributed by atoms with Gasteiger partial charge >= 0.3 is 0 Å². The molecule has 2 N–H and O–H groups in total. The van der Waals surface area contributed by atoms with Crippen LogP contribution in [0.1, 0.15) is 24.3 Å². The van der Waals surface area contributed by atoms with Crippen LogP contribution in [0.25, 0.3) is 0 Å². The third-order valence-electron chi connectivity index (χ3n) is 1.77. The molecular weight excluding hydrogens is 250 g/mol. The highest BCUT2D eigenvalue weighted by molar-refractivity contribution is 9.11. The van der Waals surface area contributed by atoms with Crippen LogP contribution in [-0.4, -0.2) is 18.2 Å². The van der Waals surface area contributed by atoms with Gasteiger partial charge in [0.05, 0.1) is 9.89 Å². The minimum Gasteiger partial charge on any atom is -0.388 e. The molecule has 1 atom stereocenters. The van der Waals surface area contributed by atoms with Gasteiger partial charge in [-0.15, -0.1) is 11.3 Å². The van der Waals surface area contributed by atoms with E-state index in [9.17, 15) is 5.11 Å². The van der Waals surface area contributed by atoms with Crippen LogP contribution in [0, 0.1) is 0 Å². The molecule has 0 aliphatic rings. The Balaban J connectivity index is 2.35. The second-order valence-corrected chi connectivity index (χ2v) is 5.29. The Labute approximate surface area is 91.1 Å². The van der Waals surface area contributed by atoms with Gasteiger partial charge in [-0.1, -0.05) is 6.92 Å². The summed E-state index contributed by atoms with van der Waals surface area (Å²) in [6.45, 7) is 3.89. The molecule has 0 amide bonds. The van der Waals surface area contributed by atoms with E-state index in [1.165, 1.54) is 0 Å². The average molecular weight is 264 g/mol. The quantitative estimate of drug-likeness (QED) is 0.801. The molecule has 0 radical (unpaired) electrons. The lowest BCUT2D eigenvalue weighted by atomic mass is 10.2. The van der Waals surface area contributed by atoms with E-state index in [-0.39, 0.29) is 6.10 Å². The fourth-order valence-corrected chi connectivity index (χ4v) is 2.51. The van der Waals surface area contributed by atoms with E-state index >= 15 is 0 Å². The van der Waals surface area contributed by atoms with Crippen molar-refractivity contribution in [3.05, 3.63) is 20.8 Å². The summed E-state index contributed by atoms with van der Waals surface area (Å²) in [5.74, 6) is 0. The standard InChI is InChI=1S/C9H14BrNOS/c1-2-11-6-5-7(12)8-3-4-9(10)13-8/h3-4,7,11-12H,2,5-6H2,1H3. The van der Waals surface area contributed by atoms with Crippen LogP contribution < -0.4 is 5.32 Å². The molecule has 0 aromatic carbocycles. The first-order chi connectivity index (χ1) is 6.24. The number of nitrogens with one attached hydrogen (secondary N) is 1. The van der Waals surface area contributed by atoms with E-state index in [2.05, 4.69) is 28.2 Å². The Hall–Kier alpha value is 0.1000. The summed E-state index contributed by atoms with van der Waals surface area (Å²) in [5.41, 5.74) is 0. The van der Waals surface area contributed by atoms with Gasteiger partial charge in [-0.25, -0.2) is 0 Å². The second kappa shape index (κ2) is 5.75. The van der Waals surface area contributed by atoms with Gasteiger partial charge in [0, 0.05) is 4.88 Å². The van der Waals surface area contributed by atoms with Gasteiger partial charge < -0.3 is 10.4 Å². The van der Waals surface area contributed by atoms with E-state index in [4.69, 9.17) is 0 Å². The minimum atomic E-state index is -0.324. The van der Waals surface area contributed by atoms with Crippen molar-refractivity contribution in [3.8, 4) is 0 Å². The van der Waals surface area contributed by atoms with Crippen molar-refractivity contribution in [1.29, 1.82) is 0 Å². The molecule has 0 aliphatic carbocycles. The predicted octanol–water partition coefficient (Wildman–Crippen LogP) is 2.54. The summed E-state index contributed by atoms with van der Waals surface area (Å²) in [6, 6.07) is 3.93. The maximum atomic E-state index is 9.71. The van der Waals surface area contributed by atoms with Crippen LogP contribution in [0.2, 0.25) is 0 Å². The van der Waals surface area contributed by atoms with E-state index in [1.807, 2.05) is 12.1 Å². The largest absolute Gasteiger partial charge is 0.388 e. The summed E-state index contributed by atoms with van der Waals surface area (Å²) in [7, 11) is 0. The van der Waals surface area contributed by atoms with Gasteiger partial charge in [0.1, 0.15) is 0 Å². The topological polar surface area (TPSA) is 32.3 Å². The molecule has 1 aromatic rings. The second-order valence-electron chi connectivity index (χ2n) is 2.80. The number of aliphatic hydroxyl groups excluding tert-OH is 1. The fourth-order valence-electron chi connectivity index (χ4n) is 1.07. The molecule has 0 aliphatic heterocycles. The third-order valence-corrected chi connectivity index (χ3v) is 3.49. The maximum Gasteiger partial charge on any atom is 0.0894 e. The monoisotopic (exact) mass is 263 g/mol. The zero-order valence-electron chi connectivity index (χ0n) is 7.59. The zero-order chi connectivity index (χ0) is 9.68. The summed E-state index contributed by atoms with van der Waals surface area (Å²) in [4.78, 5) is 1.03. The number of thiophene rings is 1. The van der Waals surface area contributed by atoms with Gasteiger partial charge in [-0.3, -0.25) is 0 Å². The first kappa shape index (κ1) is 11.2. The lowest BCUT2D eigenvalue weighted by Crippen LogP contribution is -2.16. The lowest BCUT2D eigenvalue weighted by Gasteiger charge is -2.07. The molecule has 1 heterocycles. The molecule has 0 bridgehead atoms. The van der Waals surface area contributed by atoms with Gasteiger partial charge in [-0.05, 0) is 47.6 Å². The Morgan fingerprint density at radius 3 is 2.92 bits per heavy atom. The van der Waals surface area contributed by atoms with Gasteiger partial charge in [-0.2, -0.15) is 0 Å². The van der Waals surface area contributed by atoms with E-state index < -0.39 is 0 Å². The minimum absolute atomic E-state index is 0.324. The van der Waals surface area contributed by atoms with Crippen molar-refractivity contribution in [2.45, 2.75) is 19.4 Å². The third kappa shape index (κ3) is 3.77.